The van der Waals surface area contributed by atoms with Crippen molar-refractivity contribution < 1.29 is 58.6 Å². The molecule has 4 bridgehead atoms. The molecule has 26 heavy (non-hydrogen) atoms. The van der Waals surface area contributed by atoms with Crippen LogP contribution in [0.1, 0.15) is 59.3 Å². The fourth-order valence-corrected chi connectivity index (χ4v) is 8.17. The van der Waals surface area contributed by atoms with Crippen LogP contribution in [-0.4, -0.2) is 30.2 Å². The van der Waals surface area contributed by atoms with Crippen LogP contribution in [0.3, 0.4) is 0 Å². The van der Waals surface area contributed by atoms with Gasteiger partial charge in [0.15, 0.2) is 5.79 Å². The minimum atomic E-state index is -0.463. The smallest absolute Gasteiger partial charge is 0.165 e. The molecule has 1 radical (unpaired) electrons. The van der Waals surface area contributed by atoms with Gasteiger partial charge in [0.25, 0.3) is 0 Å². The van der Waals surface area contributed by atoms with Crippen LogP contribution < -0.4 is 0 Å². The first-order valence-corrected chi connectivity index (χ1v) is 10.9. The van der Waals surface area contributed by atoms with Crippen molar-refractivity contribution in [3.63, 3.8) is 0 Å². The first kappa shape index (κ1) is 20.6. The van der Waals surface area contributed by atoms with Crippen LogP contribution in [-0.2, 0) is 9.47 Å². The van der Waals surface area contributed by atoms with Gasteiger partial charge in [-0.25, -0.2) is 0 Å². The van der Waals surface area contributed by atoms with Crippen molar-refractivity contribution >= 4 is 0 Å². The van der Waals surface area contributed by atoms with E-state index < -0.39 is 5.79 Å². The van der Waals surface area contributed by atoms with Crippen molar-refractivity contribution in [3.8, 4) is 0 Å². The van der Waals surface area contributed by atoms with Gasteiger partial charge in [0.2, 0.25) is 0 Å². The summed E-state index contributed by atoms with van der Waals surface area (Å²) < 4.78 is 11.7. The summed E-state index contributed by atoms with van der Waals surface area (Å²) in [7, 11) is 0. The second kappa shape index (κ2) is 7.54. The molecule has 1 heterocycles. The third kappa shape index (κ3) is 3.12. The Kier molecular flexibility index (Phi) is 5.97. The van der Waals surface area contributed by atoms with Crippen LogP contribution in [0.4, 0.5) is 0 Å². The van der Waals surface area contributed by atoms with E-state index in [2.05, 4.69) is 20.8 Å². The van der Waals surface area contributed by atoms with Gasteiger partial charge >= 0.3 is 0 Å². The zero-order chi connectivity index (χ0) is 17.3. The van der Waals surface area contributed by atoms with Gasteiger partial charge in [0, 0.05) is 50.5 Å². The number of aliphatic hydroxyl groups is 1. The van der Waals surface area contributed by atoms with E-state index in [1.165, 1.54) is 19.3 Å². The van der Waals surface area contributed by atoms with E-state index in [0.717, 1.165) is 79.8 Å². The topological polar surface area (TPSA) is 38.7 Å². The molecule has 1 N–H and O–H groups in total. The monoisotopic (exact) mass is 575 g/mol. The van der Waals surface area contributed by atoms with Gasteiger partial charge in [-0.1, -0.05) is 13.8 Å². The van der Waals surface area contributed by atoms with E-state index >= 15 is 0 Å². The molecule has 4 saturated carbocycles. The normalized spacial score (nSPS) is 51.9. The molecule has 0 aromatic carbocycles. The van der Waals surface area contributed by atoms with E-state index in [1.807, 2.05) is 0 Å². The first-order valence-electron chi connectivity index (χ1n) is 10.9. The molecule has 5 fully saturated rings. The molecule has 3 nitrogen and oxygen atoms in total. The van der Waals surface area contributed by atoms with Crippen molar-refractivity contribution in [1.29, 1.82) is 0 Å². The van der Waals surface area contributed by atoms with Crippen molar-refractivity contribution in [2.24, 2.45) is 53.3 Å². The summed E-state index contributed by atoms with van der Waals surface area (Å²) in [5, 5.41) is 11.0. The maximum absolute atomic E-state index is 11.0. The Morgan fingerprint density at radius 3 is 2.31 bits per heavy atom. The molecule has 4 aliphatic carbocycles. The summed E-state index contributed by atoms with van der Waals surface area (Å²) in [6.45, 7) is 8.65. The Hall–Kier alpha value is 1.32. The molecule has 0 amide bonds. The van der Waals surface area contributed by atoms with E-state index in [4.69, 9.17) is 9.47 Å². The third-order valence-electron chi connectivity index (χ3n) is 9.39. The zero-order valence-corrected chi connectivity index (χ0v) is 21.5. The largest absolute Gasteiger partial charge is 0.393 e. The van der Waals surface area contributed by atoms with Gasteiger partial charge in [-0.2, -0.15) is 0 Å². The van der Waals surface area contributed by atoms with E-state index in [9.17, 15) is 5.11 Å². The number of fused-ring (bicyclic) bond motifs is 9. The fourth-order valence-electron chi connectivity index (χ4n) is 8.17. The number of aliphatic hydroxyl groups excluding tert-OH is 1. The maximum Gasteiger partial charge on any atom is 0.165 e. The first-order chi connectivity index (χ1) is 12.0. The summed E-state index contributed by atoms with van der Waals surface area (Å²) in [6, 6.07) is 0. The van der Waals surface area contributed by atoms with Gasteiger partial charge in [-0.3, -0.25) is 0 Å². The summed E-state index contributed by atoms with van der Waals surface area (Å²) in [5.41, 5.74) is 0. The van der Waals surface area contributed by atoms with E-state index in [-0.39, 0.29) is 50.2 Å². The molecule has 5 aliphatic rings. The number of rotatable bonds is 4. The Bertz CT molecular complexity index is 520. The average Bonchev–Trinajstić information content (AvgIpc) is 3.33. The fraction of sp³-hybridized carbons (Fsp3) is 1.00. The zero-order valence-electron chi connectivity index (χ0n) is 16.8. The summed E-state index contributed by atoms with van der Waals surface area (Å²) in [4.78, 5) is 0. The minimum Gasteiger partial charge on any atom is -0.393 e. The third-order valence-corrected chi connectivity index (χ3v) is 9.39. The molecular weight excluding hydrogens is 539 g/mol. The standard InChI is InChI=1S/C22H36O3.Ac/c1-12-13(2)16-11-15(12)20-14-9-17(18(10-14)21(16)20)19(23)5-6-22(3)24-7-4-8-25-22;/h12-21,23H,4-11H2,1-3H3;. The Morgan fingerprint density at radius 2 is 1.62 bits per heavy atom. The molecule has 10 atom stereocenters. The summed E-state index contributed by atoms with van der Waals surface area (Å²) in [5.74, 6) is 7.54. The van der Waals surface area contributed by atoms with Crippen molar-refractivity contribution in [1.82, 2.24) is 0 Å². The molecule has 0 spiro atoms. The van der Waals surface area contributed by atoms with Gasteiger partial charge < -0.3 is 14.6 Å². The number of hydrogen-bond acceptors (Lipinski definition) is 3. The van der Waals surface area contributed by atoms with Crippen LogP contribution >= 0.6 is 0 Å². The number of ether oxygens (including phenoxy) is 2. The SMILES string of the molecule is CC1C(C)C2CC1C1C3CC(C(O)CCC4(C)OCCCO4)C(C3)C21.[Ac]. The minimum absolute atomic E-state index is 0. The molecule has 0 aromatic heterocycles. The summed E-state index contributed by atoms with van der Waals surface area (Å²) >= 11 is 0. The van der Waals surface area contributed by atoms with Crippen molar-refractivity contribution in [3.05, 3.63) is 0 Å². The second-order valence-corrected chi connectivity index (χ2v) is 10.3. The molecule has 0 aromatic rings. The Labute approximate surface area is 194 Å². The summed E-state index contributed by atoms with van der Waals surface area (Å²) in [6.07, 6.45) is 6.69. The molecule has 1 saturated heterocycles. The Morgan fingerprint density at radius 1 is 0.962 bits per heavy atom. The molecule has 145 valence electrons. The van der Waals surface area contributed by atoms with Crippen LogP contribution in [0.2, 0.25) is 0 Å². The quantitative estimate of drug-likeness (QED) is 0.514. The van der Waals surface area contributed by atoms with Crippen molar-refractivity contribution in [2.75, 3.05) is 13.2 Å². The molecule has 10 unspecified atom stereocenters. The van der Waals surface area contributed by atoms with E-state index in [1.54, 1.807) is 0 Å². The predicted octanol–water partition coefficient (Wildman–Crippen LogP) is 4.09. The number of hydrogen-bond donors (Lipinski definition) is 1. The molecular formula is C22H36AcO3. The van der Waals surface area contributed by atoms with Crippen LogP contribution in [0, 0.1) is 97.3 Å². The van der Waals surface area contributed by atoms with Crippen LogP contribution in [0.5, 0.6) is 0 Å². The maximum atomic E-state index is 11.0. The predicted molar refractivity (Wildman–Crippen MR) is 96.8 cm³/mol. The van der Waals surface area contributed by atoms with Crippen LogP contribution in [0.15, 0.2) is 0 Å². The Balaban J connectivity index is 0.00000168. The van der Waals surface area contributed by atoms with Crippen LogP contribution in [0.25, 0.3) is 0 Å². The van der Waals surface area contributed by atoms with Gasteiger partial charge in [-0.05, 0) is 92.3 Å². The molecule has 5 rings (SSSR count). The molecule has 1 aliphatic heterocycles. The van der Waals surface area contributed by atoms with Crippen molar-refractivity contribution in [2.45, 2.75) is 71.2 Å². The van der Waals surface area contributed by atoms with Gasteiger partial charge in [0.05, 0.1) is 19.3 Å². The average molecular weight is 576 g/mol. The van der Waals surface area contributed by atoms with E-state index in [0.29, 0.717) is 5.92 Å². The second-order valence-electron chi connectivity index (χ2n) is 10.3. The van der Waals surface area contributed by atoms with Gasteiger partial charge in [0.1, 0.15) is 0 Å². The van der Waals surface area contributed by atoms with Gasteiger partial charge in [-0.15, -0.1) is 0 Å². The molecule has 4 heteroatoms.